The van der Waals surface area contributed by atoms with Gasteiger partial charge in [-0.1, -0.05) is 30.3 Å². The molecule has 0 saturated carbocycles. The number of nitrogens with one attached hydrogen (secondary N) is 1. The first-order valence-corrected chi connectivity index (χ1v) is 14.1. The van der Waals surface area contributed by atoms with Gasteiger partial charge in [0.1, 0.15) is 0 Å². The number of hydrogen-bond acceptors (Lipinski definition) is 4. The first kappa shape index (κ1) is 24.0. The first-order valence-electron chi connectivity index (χ1n) is 12.6. The van der Waals surface area contributed by atoms with E-state index in [2.05, 4.69) is 34.5 Å². The monoisotopic (exact) mass is 494 g/mol. The Morgan fingerprint density at radius 1 is 0.943 bits per heavy atom. The van der Waals surface area contributed by atoms with Gasteiger partial charge in [-0.15, -0.1) is 0 Å². The van der Waals surface area contributed by atoms with Crippen LogP contribution in [0.3, 0.4) is 0 Å². The van der Waals surface area contributed by atoms with Crippen molar-refractivity contribution in [2.45, 2.75) is 56.1 Å². The van der Waals surface area contributed by atoms with Gasteiger partial charge in [0, 0.05) is 68.8 Å². The maximum atomic E-state index is 12.9. The van der Waals surface area contributed by atoms with E-state index in [1.54, 1.807) is 16.4 Å². The summed E-state index contributed by atoms with van der Waals surface area (Å²) in [6.07, 6.45) is 6.13. The molecule has 3 heterocycles. The Morgan fingerprint density at radius 3 is 2.43 bits per heavy atom. The molecule has 2 aliphatic rings. The number of hydrogen-bond donors (Lipinski definition) is 1. The van der Waals surface area contributed by atoms with Gasteiger partial charge in [-0.05, 0) is 55.5 Å². The van der Waals surface area contributed by atoms with Gasteiger partial charge in [-0.2, -0.15) is 4.31 Å². The highest BCUT2D eigenvalue weighted by Gasteiger charge is 2.27. The summed E-state index contributed by atoms with van der Waals surface area (Å²) in [6.45, 7) is 4.71. The molecule has 0 unspecified atom stereocenters. The van der Waals surface area contributed by atoms with E-state index in [0.29, 0.717) is 31.0 Å². The number of carbonyl (C=O) groups excluding carboxylic acids is 1. The van der Waals surface area contributed by atoms with Crippen molar-refractivity contribution in [1.82, 2.24) is 19.1 Å². The zero-order valence-corrected chi connectivity index (χ0v) is 20.9. The zero-order chi connectivity index (χ0) is 24.3. The quantitative estimate of drug-likeness (QED) is 0.519. The smallest absolute Gasteiger partial charge is 0.243 e. The van der Waals surface area contributed by atoms with Crippen molar-refractivity contribution in [3.05, 3.63) is 66.4 Å². The van der Waals surface area contributed by atoms with Crippen LogP contribution in [0.25, 0.3) is 10.9 Å². The van der Waals surface area contributed by atoms with Gasteiger partial charge in [-0.3, -0.25) is 9.69 Å². The van der Waals surface area contributed by atoms with Gasteiger partial charge in [0.2, 0.25) is 15.9 Å². The minimum Gasteiger partial charge on any atom is -0.353 e. The van der Waals surface area contributed by atoms with Crippen molar-refractivity contribution in [3.63, 3.8) is 0 Å². The van der Waals surface area contributed by atoms with Crippen LogP contribution in [0, 0.1) is 0 Å². The standard InChI is InChI=1S/C27H34N4O3S/c32-27(28-24-11-16-29(17-12-24)21-22-6-2-1-3-7-22)13-19-30-18-10-23-20-25(8-9-26(23)30)35(33,34)31-14-4-5-15-31/h1-3,6-10,18,20,24H,4-5,11-17,19,21H2,(H,28,32). The van der Waals surface area contributed by atoms with E-state index < -0.39 is 10.0 Å². The second-order valence-electron chi connectivity index (χ2n) is 9.69. The highest BCUT2D eigenvalue weighted by molar-refractivity contribution is 7.89. The number of carbonyl (C=O) groups is 1. The van der Waals surface area contributed by atoms with E-state index in [0.717, 1.165) is 56.2 Å². The van der Waals surface area contributed by atoms with Crippen LogP contribution in [0.15, 0.2) is 65.7 Å². The Hall–Kier alpha value is -2.68. The SMILES string of the molecule is O=C(CCn1ccc2cc(S(=O)(=O)N3CCCC3)ccc21)NC1CCN(Cc2ccccc2)CC1. The Labute approximate surface area is 207 Å². The summed E-state index contributed by atoms with van der Waals surface area (Å²) in [4.78, 5) is 15.4. The number of piperidine rings is 1. The molecule has 0 bridgehead atoms. The molecule has 1 aromatic heterocycles. The van der Waals surface area contributed by atoms with E-state index in [1.165, 1.54) is 5.56 Å². The Morgan fingerprint density at radius 2 is 1.69 bits per heavy atom. The maximum absolute atomic E-state index is 12.9. The van der Waals surface area contributed by atoms with E-state index >= 15 is 0 Å². The molecule has 0 radical (unpaired) electrons. The van der Waals surface area contributed by atoms with Gasteiger partial charge in [0.15, 0.2) is 0 Å². The first-order chi connectivity index (χ1) is 17.0. The van der Waals surface area contributed by atoms with Crippen molar-refractivity contribution < 1.29 is 13.2 Å². The molecule has 1 N–H and O–H groups in total. The van der Waals surface area contributed by atoms with E-state index in [1.807, 2.05) is 29.0 Å². The maximum Gasteiger partial charge on any atom is 0.243 e. The molecule has 8 heteroatoms. The highest BCUT2D eigenvalue weighted by Crippen LogP contribution is 2.25. The summed E-state index contributed by atoms with van der Waals surface area (Å²) in [5.74, 6) is 0.0709. The lowest BCUT2D eigenvalue weighted by molar-refractivity contribution is -0.122. The van der Waals surface area contributed by atoms with E-state index in [9.17, 15) is 13.2 Å². The summed E-state index contributed by atoms with van der Waals surface area (Å²) in [5.41, 5.74) is 2.28. The molecule has 2 aromatic carbocycles. The van der Waals surface area contributed by atoms with E-state index in [-0.39, 0.29) is 11.9 Å². The molecule has 2 fully saturated rings. The molecular formula is C27H34N4O3S. The lowest BCUT2D eigenvalue weighted by Gasteiger charge is -2.32. The predicted octanol–water partition coefficient (Wildman–Crippen LogP) is 3.60. The minimum absolute atomic E-state index is 0.0709. The fourth-order valence-electron chi connectivity index (χ4n) is 5.21. The van der Waals surface area contributed by atoms with Gasteiger partial charge in [-0.25, -0.2) is 8.42 Å². The van der Waals surface area contributed by atoms with Crippen LogP contribution in [-0.2, 0) is 27.9 Å². The number of amides is 1. The predicted molar refractivity (Wildman–Crippen MR) is 137 cm³/mol. The van der Waals surface area contributed by atoms with Crippen LogP contribution in [0.5, 0.6) is 0 Å². The lowest BCUT2D eigenvalue weighted by atomic mass is 10.0. The molecule has 0 aliphatic carbocycles. The largest absolute Gasteiger partial charge is 0.353 e. The van der Waals surface area contributed by atoms with Crippen molar-refractivity contribution in [3.8, 4) is 0 Å². The van der Waals surface area contributed by atoms with Gasteiger partial charge in [0.05, 0.1) is 4.90 Å². The normalized spacial score (nSPS) is 18.3. The third-order valence-electron chi connectivity index (χ3n) is 7.23. The van der Waals surface area contributed by atoms with Crippen LogP contribution in [-0.4, -0.2) is 60.3 Å². The number of fused-ring (bicyclic) bond motifs is 1. The number of sulfonamides is 1. The second-order valence-corrected chi connectivity index (χ2v) is 11.6. The number of likely N-dealkylation sites (tertiary alicyclic amines) is 1. The molecule has 3 aromatic rings. The number of nitrogens with zero attached hydrogens (tertiary/aromatic N) is 3. The Balaban J connectivity index is 1.12. The third-order valence-corrected chi connectivity index (χ3v) is 9.12. The summed E-state index contributed by atoms with van der Waals surface area (Å²) in [6, 6.07) is 18.0. The van der Waals surface area contributed by atoms with Crippen molar-refractivity contribution in [2.24, 2.45) is 0 Å². The van der Waals surface area contributed by atoms with Crippen molar-refractivity contribution in [1.29, 1.82) is 0 Å². The minimum atomic E-state index is -3.43. The van der Waals surface area contributed by atoms with Crippen LogP contribution >= 0.6 is 0 Å². The Bertz CT molecular complexity index is 1260. The average Bonchev–Trinajstić information content (AvgIpc) is 3.55. The molecule has 186 valence electrons. The lowest BCUT2D eigenvalue weighted by Crippen LogP contribution is -2.44. The molecule has 5 rings (SSSR count). The summed E-state index contributed by atoms with van der Waals surface area (Å²) in [5, 5.41) is 4.10. The molecular weight excluding hydrogens is 460 g/mol. The molecule has 1 amide bonds. The van der Waals surface area contributed by atoms with Gasteiger partial charge in [0.25, 0.3) is 0 Å². The van der Waals surface area contributed by atoms with Crippen LogP contribution in [0.1, 0.15) is 37.7 Å². The Kier molecular flexibility index (Phi) is 7.22. The average molecular weight is 495 g/mol. The molecule has 2 saturated heterocycles. The number of aryl methyl sites for hydroxylation is 1. The summed E-state index contributed by atoms with van der Waals surface area (Å²) in [7, 11) is -3.43. The van der Waals surface area contributed by atoms with Gasteiger partial charge < -0.3 is 9.88 Å². The second kappa shape index (κ2) is 10.5. The van der Waals surface area contributed by atoms with Crippen LogP contribution < -0.4 is 5.32 Å². The van der Waals surface area contributed by atoms with Gasteiger partial charge >= 0.3 is 0 Å². The number of benzene rings is 2. The number of rotatable bonds is 8. The topological polar surface area (TPSA) is 74.6 Å². The van der Waals surface area contributed by atoms with Crippen LogP contribution in [0.4, 0.5) is 0 Å². The van der Waals surface area contributed by atoms with Crippen LogP contribution in [0.2, 0.25) is 0 Å². The van der Waals surface area contributed by atoms with E-state index in [4.69, 9.17) is 0 Å². The fourth-order valence-corrected chi connectivity index (χ4v) is 6.76. The molecule has 0 atom stereocenters. The molecule has 0 spiro atoms. The summed E-state index contributed by atoms with van der Waals surface area (Å²) >= 11 is 0. The fraction of sp³-hybridized carbons (Fsp3) is 0.444. The molecule has 7 nitrogen and oxygen atoms in total. The molecule has 2 aliphatic heterocycles. The third kappa shape index (κ3) is 5.60. The van der Waals surface area contributed by atoms with Crippen molar-refractivity contribution in [2.75, 3.05) is 26.2 Å². The van der Waals surface area contributed by atoms with Crippen molar-refractivity contribution >= 4 is 26.8 Å². The number of aromatic nitrogens is 1. The molecule has 35 heavy (non-hydrogen) atoms. The zero-order valence-electron chi connectivity index (χ0n) is 20.1. The highest BCUT2D eigenvalue weighted by atomic mass is 32.2. The summed E-state index contributed by atoms with van der Waals surface area (Å²) < 4.78 is 29.3.